The van der Waals surface area contributed by atoms with Crippen LogP contribution in [0.3, 0.4) is 0 Å². The Kier molecular flexibility index (Phi) is 5.19. The number of hydrogen-bond donors (Lipinski definition) is 1. The van der Waals surface area contributed by atoms with Gasteiger partial charge in [-0.1, -0.05) is 29.8 Å². The Morgan fingerprint density at radius 3 is 2.64 bits per heavy atom. The zero-order valence-electron chi connectivity index (χ0n) is 13.4. The Balaban J connectivity index is 1.53. The van der Waals surface area contributed by atoms with Gasteiger partial charge in [-0.15, -0.1) is 0 Å². The summed E-state index contributed by atoms with van der Waals surface area (Å²) in [6, 6.07) is 12.7. The van der Waals surface area contributed by atoms with Crippen LogP contribution in [0, 0.1) is 5.82 Å². The van der Waals surface area contributed by atoms with Gasteiger partial charge in [0.25, 0.3) is 0 Å². The van der Waals surface area contributed by atoms with Gasteiger partial charge in [0.05, 0.1) is 0 Å². The Bertz CT molecular complexity index is 782. The fourth-order valence-corrected chi connectivity index (χ4v) is 2.83. The summed E-state index contributed by atoms with van der Waals surface area (Å²) >= 11 is 5.96. The second-order valence-corrected chi connectivity index (χ2v) is 6.18. The van der Waals surface area contributed by atoms with Crippen LogP contribution in [0.5, 0.6) is 0 Å². The molecular formula is C18H17ClFN3O2. The van der Waals surface area contributed by atoms with Crippen LogP contribution in [-0.4, -0.2) is 36.5 Å². The van der Waals surface area contributed by atoms with Crippen molar-refractivity contribution in [3.63, 3.8) is 0 Å². The molecule has 1 heterocycles. The first-order valence-electron chi connectivity index (χ1n) is 7.86. The summed E-state index contributed by atoms with van der Waals surface area (Å²) in [4.78, 5) is 27.6. The van der Waals surface area contributed by atoms with Gasteiger partial charge in [-0.05, 0) is 35.9 Å². The molecule has 0 spiro atoms. The highest BCUT2D eigenvalue weighted by Gasteiger charge is 2.30. The second-order valence-electron chi connectivity index (χ2n) is 5.74. The Morgan fingerprint density at radius 2 is 1.92 bits per heavy atom. The lowest BCUT2D eigenvalue weighted by Crippen LogP contribution is -2.39. The van der Waals surface area contributed by atoms with Crippen molar-refractivity contribution in [1.29, 1.82) is 0 Å². The molecule has 2 aromatic carbocycles. The van der Waals surface area contributed by atoms with E-state index in [9.17, 15) is 14.0 Å². The van der Waals surface area contributed by atoms with E-state index >= 15 is 0 Å². The molecule has 0 saturated carbocycles. The van der Waals surface area contributed by atoms with Crippen LogP contribution in [0.15, 0.2) is 48.5 Å². The summed E-state index contributed by atoms with van der Waals surface area (Å²) in [6.45, 7) is 1.25. The molecule has 0 atom stereocenters. The van der Waals surface area contributed by atoms with Gasteiger partial charge in [-0.25, -0.2) is 9.18 Å². The molecule has 3 amide bonds. The topological polar surface area (TPSA) is 52.7 Å². The van der Waals surface area contributed by atoms with E-state index in [0.29, 0.717) is 30.3 Å². The van der Waals surface area contributed by atoms with Crippen LogP contribution >= 0.6 is 11.6 Å². The van der Waals surface area contributed by atoms with Gasteiger partial charge >= 0.3 is 6.03 Å². The number of carbonyl (C=O) groups is 2. The van der Waals surface area contributed by atoms with Gasteiger partial charge in [0.1, 0.15) is 12.4 Å². The van der Waals surface area contributed by atoms with Crippen molar-refractivity contribution >= 4 is 29.2 Å². The average Bonchev–Trinajstić information content (AvgIpc) is 2.95. The zero-order chi connectivity index (χ0) is 17.8. The predicted molar refractivity (Wildman–Crippen MR) is 94.0 cm³/mol. The lowest BCUT2D eigenvalue weighted by Gasteiger charge is -2.18. The summed E-state index contributed by atoms with van der Waals surface area (Å²) in [5.41, 5.74) is 1.51. The minimum atomic E-state index is -0.321. The maximum atomic E-state index is 12.9. The molecule has 130 valence electrons. The number of amides is 3. The maximum Gasteiger partial charge on any atom is 0.325 e. The van der Waals surface area contributed by atoms with Crippen molar-refractivity contribution in [2.45, 2.75) is 6.54 Å². The highest BCUT2D eigenvalue weighted by Crippen LogP contribution is 2.23. The number of anilines is 1. The monoisotopic (exact) mass is 361 g/mol. The van der Waals surface area contributed by atoms with E-state index in [4.69, 9.17) is 11.6 Å². The number of halogens is 2. The van der Waals surface area contributed by atoms with E-state index in [-0.39, 0.29) is 24.3 Å². The fraction of sp³-hybridized carbons (Fsp3) is 0.222. The lowest BCUT2D eigenvalue weighted by molar-refractivity contribution is -0.121. The molecule has 2 aromatic rings. The van der Waals surface area contributed by atoms with Crippen molar-refractivity contribution in [2.24, 2.45) is 0 Å². The minimum Gasteiger partial charge on any atom is -0.350 e. The molecule has 1 fully saturated rings. The van der Waals surface area contributed by atoms with E-state index in [0.717, 1.165) is 5.56 Å². The Morgan fingerprint density at radius 1 is 1.16 bits per heavy atom. The molecule has 1 saturated heterocycles. The van der Waals surface area contributed by atoms with E-state index in [1.807, 2.05) is 6.07 Å². The molecule has 3 rings (SSSR count). The third-order valence-electron chi connectivity index (χ3n) is 3.95. The summed E-state index contributed by atoms with van der Waals surface area (Å²) in [7, 11) is 0. The van der Waals surface area contributed by atoms with Gasteiger partial charge < -0.3 is 10.2 Å². The quantitative estimate of drug-likeness (QED) is 0.890. The normalized spacial score (nSPS) is 14.1. The highest BCUT2D eigenvalue weighted by molar-refractivity contribution is 6.30. The predicted octanol–water partition coefficient (Wildman–Crippen LogP) is 3.04. The van der Waals surface area contributed by atoms with Gasteiger partial charge in [-0.3, -0.25) is 9.69 Å². The third kappa shape index (κ3) is 4.28. The minimum absolute atomic E-state index is 0.0168. The average molecular weight is 362 g/mol. The summed E-state index contributed by atoms with van der Waals surface area (Å²) in [5.74, 6) is -0.579. The van der Waals surface area contributed by atoms with Gasteiger partial charge in [0, 0.05) is 30.3 Å². The number of nitrogens with zero attached hydrogens (tertiary/aromatic N) is 2. The van der Waals surface area contributed by atoms with E-state index in [1.54, 1.807) is 35.2 Å². The van der Waals surface area contributed by atoms with Crippen LogP contribution in [0.1, 0.15) is 5.56 Å². The van der Waals surface area contributed by atoms with Crippen LogP contribution in [0.4, 0.5) is 14.9 Å². The van der Waals surface area contributed by atoms with Crippen LogP contribution in [0.2, 0.25) is 5.02 Å². The van der Waals surface area contributed by atoms with Crippen molar-refractivity contribution in [1.82, 2.24) is 10.2 Å². The molecule has 25 heavy (non-hydrogen) atoms. The first kappa shape index (κ1) is 17.2. The first-order chi connectivity index (χ1) is 12.0. The van der Waals surface area contributed by atoms with Crippen molar-refractivity contribution in [3.8, 4) is 0 Å². The number of urea groups is 1. The number of rotatable bonds is 5. The Hall–Kier alpha value is -2.60. The number of hydrogen-bond acceptors (Lipinski definition) is 2. The molecule has 7 heteroatoms. The smallest absolute Gasteiger partial charge is 0.325 e. The molecular weight excluding hydrogens is 345 g/mol. The molecule has 5 nitrogen and oxygen atoms in total. The fourth-order valence-electron chi connectivity index (χ4n) is 2.65. The van der Waals surface area contributed by atoms with E-state index < -0.39 is 0 Å². The van der Waals surface area contributed by atoms with Gasteiger partial charge in [-0.2, -0.15) is 0 Å². The first-order valence-corrected chi connectivity index (χ1v) is 8.24. The summed E-state index contributed by atoms with van der Waals surface area (Å²) in [5, 5.41) is 3.29. The number of benzene rings is 2. The van der Waals surface area contributed by atoms with Crippen LogP contribution in [0.25, 0.3) is 0 Å². The molecule has 0 aliphatic carbocycles. The number of carbonyl (C=O) groups excluding carboxylic acids is 2. The van der Waals surface area contributed by atoms with Gasteiger partial charge in [0.2, 0.25) is 5.91 Å². The van der Waals surface area contributed by atoms with Crippen LogP contribution in [-0.2, 0) is 11.3 Å². The molecule has 1 aliphatic rings. The molecule has 0 unspecified atom stereocenters. The van der Waals surface area contributed by atoms with Crippen molar-refractivity contribution in [2.75, 3.05) is 24.5 Å². The molecule has 1 aliphatic heterocycles. The van der Waals surface area contributed by atoms with Crippen molar-refractivity contribution in [3.05, 3.63) is 64.9 Å². The van der Waals surface area contributed by atoms with E-state index in [1.165, 1.54) is 17.0 Å². The van der Waals surface area contributed by atoms with Gasteiger partial charge in [0.15, 0.2) is 0 Å². The SMILES string of the molecule is O=C(CN1CCN(c2cccc(Cl)c2)C1=O)NCc1ccc(F)cc1. The molecule has 0 aromatic heterocycles. The molecule has 1 N–H and O–H groups in total. The second kappa shape index (κ2) is 7.53. The zero-order valence-corrected chi connectivity index (χ0v) is 14.2. The third-order valence-corrected chi connectivity index (χ3v) is 4.19. The largest absolute Gasteiger partial charge is 0.350 e. The van der Waals surface area contributed by atoms with Crippen molar-refractivity contribution < 1.29 is 14.0 Å². The maximum absolute atomic E-state index is 12.9. The van der Waals surface area contributed by atoms with Crippen LogP contribution < -0.4 is 10.2 Å². The molecule has 0 radical (unpaired) electrons. The Labute approximate surface area is 150 Å². The molecule has 0 bridgehead atoms. The number of nitrogens with one attached hydrogen (secondary N) is 1. The summed E-state index contributed by atoms with van der Waals surface area (Å²) in [6.07, 6.45) is 0. The van der Waals surface area contributed by atoms with E-state index in [2.05, 4.69) is 5.32 Å². The highest BCUT2D eigenvalue weighted by atomic mass is 35.5. The lowest BCUT2D eigenvalue weighted by atomic mass is 10.2. The summed E-state index contributed by atoms with van der Waals surface area (Å²) < 4.78 is 12.9. The standard InChI is InChI=1S/C18H17ClFN3O2/c19-14-2-1-3-16(10-14)23-9-8-22(18(23)25)12-17(24)21-11-13-4-6-15(20)7-5-13/h1-7,10H,8-9,11-12H2,(H,21,24).